The van der Waals surface area contributed by atoms with Gasteiger partial charge in [0.2, 0.25) is 5.91 Å². The molecule has 0 saturated carbocycles. The van der Waals surface area contributed by atoms with Crippen molar-refractivity contribution in [1.82, 2.24) is 15.3 Å². The van der Waals surface area contributed by atoms with E-state index in [0.29, 0.717) is 18.9 Å². The van der Waals surface area contributed by atoms with Crippen molar-refractivity contribution >= 4 is 11.7 Å². The molecule has 6 nitrogen and oxygen atoms in total. The Kier molecular flexibility index (Phi) is 4.57. The van der Waals surface area contributed by atoms with Crippen LogP contribution < -0.4 is 15.8 Å². The third kappa shape index (κ3) is 3.55. The number of aromatic amines is 1. The number of anilines is 1. The molecule has 1 aliphatic rings. The molecule has 1 aliphatic heterocycles. The highest BCUT2D eigenvalue weighted by Crippen LogP contribution is 2.24. The van der Waals surface area contributed by atoms with Gasteiger partial charge in [0.05, 0.1) is 5.41 Å². The summed E-state index contributed by atoms with van der Waals surface area (Å²) in [6, 6.07) is 5.91. The Balaban J connectivity index is 1.67. The maximum Gasteiger partial charge on any atom is 0.290 e. The van der Waals surface area contributed by atoms with Crippen LogP contribution in [0.25, 0.3) is 0 Å². The molecule has 2 heterocycles. The number of halogens is 1. The second-order valence-corrected chi connectivity index (χ2v) is 6.78. The zero-order valence-electron chi connectivity index (χ0n) is 14.3. The lowest BCUT2D eigenvalue weighted by Gasteiger charge is -2.26. The summed E-state index contributed by atoms with van der Waals surface area (Å²) in [6.07, 6.45) is 3.77. The molecule has 1 unspecified atom stereocenters. The molecule has 7 heteroatoms. The lowest BCUT2D eigenvalue weighted by Crippen LogP contribution is -2.46. The van der Waals surface area contributed by atoms with Crippen molar-refractivity contribution in [1.29, 1.82) is 0 Å². The van der Waals surface area contributed by atoms with E-state index < -0.39 is 5.41 Å². The summed E-state index contributed by atoms with van der Waals surface area (Å²) in [5, 5.41) is 3.04. The predicted molar refractivity (Wildman–Crippen MR) is 93.0 cm³/mol. The van der Waals surface area contributed by atoms with Gasteiger partial charge in [0.1, 0.15) is 5.82 Å². The molecule has 0 bridgehead atoms. The van der Waals surface area contributed by atoms with Crippen molar-refractivity contribution in [2.24, 2.45) is 0 Å². The average Bonchev–Trinajstić information content (AvgIpc) is 3.04. The Hall–Kier alpha value is -2.70. The Morgan fingerprint density at radius 1 is 1.36 bits per heavy atom. The van der Waals surface area contributed by atoms with E-state index >= 15 is 0 Å². The molecule has 2 aromatic rings. The Morgan fingerprint density at radius 3 is 2.76 bits per heavy atom. The first-order valence-electron chi connectivity index (χ1n) is 8.23. The third-order valence-electron chi connectivity index (χ3n) is 4.65. The molecule has 1 amide bonds. The number of aromatic nitrogens is 2. The van der Waals surface area contributed by atoms with Gasteiger partial charge in [-0.25, -0.2) is 9.37 Å². The SMILES string of the molecule is CC(C)(C(=O)NC1CCN(c2ncc[nH]c2=O)C1)c1ccc(F)cc1. The molecule has 1 fully saturated rings. The molecular formula is C18H21FN4O2. The van der Waals surface area contributed by atoms with Crippen molar-refractivity contribution in [3.63, 3.8) is 0 Å². The molecule has 25 heavy (non-hydrogen) atoms. The fourth-order valence-corrected chi connectivity index (χ4v) is 3.00. The second-order valence-electron chi connectivity index (χ2n) is 6.78. The zero-order chi connectivity index (χ0) is 18.0. The molecule has 0 aliphatic carbocycles. The van der Waals surface area contributed by atoms with Crippen LogP contribution in [0, 0.1) is 5.82 Å². The number of carbonyl (C=O) groups is 1. The van der Waals surface area contributed by atoms with Crippen molar-refractivity contribution in [3.8, 4) is 0 Å². The first-order valence-corrected chi connectivity index (χ1v) is 8.23. The van der Waals surface area contributed by atoms with Crippen LogP contribution in [0.15, 0.2) is 41.5 Å². The first kappa shape index (κ1) is 17.1. The lowest BCUT2D eigenvalue weighted by atomic mass is 9.83. The largest absolute Gasteiger partial charge is 0.351 e. The maximum absolute atomic E-state index is 13.1. The second kappa shape index (κ2) is 6.66. The van der Waals surface area contributed by atoms with Gasteiger partial charge in [-0.2, -0.15) is 0 Å². The van der Waals surface area contributed by atoms with Gasteiger partial charge in [0.15, 0.2) is 5.82 Å². The molecule has 1 aromatic heterocycles. The number of nitrogens with one attached hydrogen (secondary N) is 2. The van der Waals surface area contributed by atoms with Gasteiger partial charge in [-0.3, -0.25) is 9.59 Å². The van der Waals surface area contributed by atoms with E-state index in [2.05, 4.69) is 15.3 Å². The van der Waals surface area contributed by atoms with Gasteiger partial charge in [-0.15, -0.1) is 0 Å². The maximum atomic E-state index is 13.1. The summed E-state index contributed by atoms with van der Waals surface area (Å²) < 4.78 is 13.1. The zero-order valence-corrected chi connectivity index (χ0v) is 14.3. The molecule has 0 radical (unpaired) electrons. The number of benzene rings is 1. The van der Waals surface area contributed by atoms with Crippen LogP contribution >= 0.6 is 0 Å². The highest BCUT2D eigenvalue weighted by molar-refractivity contribution is 5.87. The molecule has 1 aromatic carbocycles. The highest BCUT2D eigenvalue weighted by atomic mass is 19.1. The standard InChI is InChI=1S/C18H21FN4O2/c1-18(2,12-3-5-13(19)6-4-12)17(25)22-14-7-10-23(11-14)15-16(24)21-9-8-20-15/h3-6,8-9,14H,7,10-11H2,1-2H3,(H,21,24)(H,22,25). The van der Waals surface area contributed by atoms with E-state index in [9.17, 15) is 14.0 Å². The summed E-state index contributed by atoms with van der Waals surface area (Å²) in [4.78, 5) is 33.1. The number of rotatable bonds is 4. The molecule has 1 saturated heterocycles. The first-order chi connectivity index (χ1) is 11.9. The monoisotopic (exact) mass is 344 g/mol. The van der Waals surface area contributed by atoms with Gasteiger partial charge in [-0.05, 0) is 38.0 Å². The van der Waals surface area contributed by atoms with E-state index in [4.69, 9.17) is 0 Å². The Morgan fingerprint density at radius 2 is 2.08 bits per heavy atom. The predicted octanol–water partition coefficient (Wildman–Crippen LogP) is 1.58. The van der Waals surface area contributed by atoms with Crippen LogP contribution in [0.3, 0.4) is 0 Å². The summed E-state index contributed by atoms with van der Waals surface area (Å²) in [7, 11) is 0. The normalized spacial score (nSPS) is 17.6. The van der Waals surface area contributed by atoms with Gasteiger partial charge >= 0.3 is 0 Å². The van der Waals surface area contributed by atoms with Crippen LogP contribution in [0.4, 0.5) is 10.2 Å². The van der Waals surface area contributed by atoms with Crippen molar-refractivity contribution in [2.75, 3.05) is 18.0 Å². The number of hydrogen-bond acceptors (Lipinski definition) is 4. The lowest BCUT2D eigenvalue weighted by molar-refractivity contribution is -0.126. The Bertz CT molecular complexity index is 816. The molecule has 132 valence electrons. The molecule has 1 atom stereocenters. The molecule has 2 N–H and O–H groups in total. The van der Waals surface area contributed by atoms with Crippen LogP contribution in [0.2, 0.25) is 0 Å². The number of hydrogen-bond donors (Lipinski definition) is 2. The fraction of sp³-hybridized carbons (Fsp3) is 0.389. The summed E-state index contributed by atoms with van der Waals surface area (Å²) >= 11 is 0. The van der Waals surface area contributed by atoms with E-state index in [-0.39, 0.29) is 23.3 Å². The highest BCUT2D eigenvalue weighted by Gasteiger charge is 2.33. The van der Waals surface area contributed by atoms with E-state index in [1.807, 2.05) is 18.7 Å². The Labute approximate surface area is 145 Å². The number of nitrogens with zero attached hydrogens (tertiary/aromatic N) is 2. The van der Waals surface area contributed by atoms with Gasteiger partial charge in [-0.1, -0.05) is 12.1 Å². The van der Waals surface area contributed by atoms with Crippen molar-refractivity contribution in [2.45, 2.75) is 31.7 Å². The average molecular weight is 344 g/mol. The molecule has 0 spiro atoms. The van der Waals surface area contributed by atoms with E-state index in [1.165, 1.54) is 18.3 Å². The minimum Gasteiger partial charge on any atom is -0.351 e. The summed E-state index contributed by atoms with van der Waals surface area (Å²) in [5.41, 5.74) is -0.257. The fourth-order valence-electron chi connectivity index (χ4n) is 3.00. The minimum atomic E-state index is -0.774. The third-order valence-corrected chi connectivity index (χ3v) is 4.65. The minimum absolute atomic E-state index is 0.0615. The van der Waals surface area contributed by atoms with E-state index in [1.54, 1.807) is 18.3 Å². The summed E-state index contributed by atoms with van der Waals surface area (Å²) in [6.45, 7) is 4.81. The summed E-state index contributed by atoms with van der Waals surface area (Å²) in [5.74, 6) is -0.0788. The number of H-pyrrole nitrogens is 1. The molecular weight excluding hydrogens is 323 g/mol. The van der Waals surface area contributed by atoms with Crippen LogP contribution in [0.1, 0.15) is 25.8 Å². The van der Waals surface area contributed by atoms with Crippen molar-refractivity contribution < 1.29 is 9.18 Å². The van der Waals surface area contributed by atoms with Crippen LogP contribution in [0.5, 0.6) is 0 Å². The van der Waals surface area contributed by atoms with Crippen LogP contribution in [-0.4, -0.2) is 35.0 Å². The van der Waals surface area contributed by atoms with Gasteiger partial charge in [0, 0.05) is 31.5 Å². The van der Waals surface area contributed by atoms with E-state index in [0.717, 1.165) is 12.0 Å². The van der Waals surface area contributed by atoms with Gasteiger partial charge < -0.3 is 15.2 Å². The topological polar surface area (TPSA) is 78.1 Å². The quantitative estimate of drug-likeness (QED) is 0.883. The van der Waals surface area contributed by atoms with Crippen molar-refractivity contribution in [3.05, 3.63) is 58.4 Å². The number of carbonyl (C=O) groups excluding carboxylic acids is 1. The smallest absolute Gasteiger partial charge is 0.290 e. The number of amides is 1. The van der Waals surface area contributed by atoms with Gasteiger partial charge in [0.25, 0.3) is 5.56 Å². The van der Waals surface area contributed by atoms with Crippen LogP contribution in [-0.2, 0) is 10.2 Å². The molecule has 3 rings (SSSR count).